The zero-order valence-electron chi connectivity index (χ0n) is 16.2. The van der Waals surface area contributed by atoms with Crippen LogP contribution in [0.4, 0.5) is 0 Å². The van der Waals surface area contributed by atoms with Crippen molar-refractivity contribution in [3.63, 3.8) is 0 Å². The smallest absolute Gasteiger partial charge is 0.252 e. The molecule has 3 aromatic carbocycles. The molecule has 3 aromatic rings. The molecule has 0 aromatic heterocycles. The van der Waals surface area contributed by atoms with E-state index in [9.17, 15) is 4.79 Å². The number of benzene rings is 3. The highest BCUT2D eigenvalue weighted by Gasteiger charge is 2.17. The normalized spacial score (nSPS) is 13.8. The predicted molar refractivity (Wildman–Crippen MR) is 117 cm³/mol. The van der Waals surface area contributed by atoms with Crippen LogP contribution in [0.5, 0.6) is 0 Å². The quantitative estimate of drug-likeness (QED) is 0.529. The number of hydrogen-bond acceptors (Lipinski definition) is 2. The first-order chi connectivity index (χ1) is 13.7. The minimum absolute atomic E-state index is 0.00872. The molecule has 0 unspecified atom stereocenters. The van der Waals surface area contributed by atoms with Gasteiger partial charge in [0, 0.05) is 10.6 Å². The maximum Gasteiger partial charge on any atom is 0.252 e. The van der Waals surface area contributed by atoms with Crippen molar-refractivity contribution in [3.8, 4) is 0 Å². The van der Waals surface area contributed by atoms with Gasteiger partial charge in [0.1, 0.15) is 0 Å². The Morgan fingerprint density at radius 2 is 1.71 bits per heavy atom. The first kappa shape index (κ1) is 18.8. The molecule has 0 spiro atoms. The summed E-state index contributed by atoms with van der Waals surface area (Å²) in [5.41, 5.74) is 6.09. The number of carbonyl (C=O) groups excluding carboxylic acids is 1. The summed E-state index contributed by atoms with van der Waals surface area (Å²) in [7, 11) is 0. The molecule has 1 aliphatic rings. The maximum atomic E-state index is 13.0. The lowest BCUT2D eigenvalue weighted by atomic mass is 10.0. The summed E-state index contributed by atoms with van der Waals surface area (Å²) in [6.07, 6.45) is 3.58. The van der Waals surface area contributed by atoms with Gasteiger partial charge in [0.05, 0.1) is 11.6 Å². The maximum absolute atomic E-state index is 13.0. The molecule has 0 bridgehead atoms. The largest absolute Gasteiger partial charge is 0.345 e. The first-order valence-corrected chi connectivity index (χ1v) is 10.9. The van der Waals surface area contributed by atoms with Gasteiger partial charge in [-0.25, -0.2) is 0 Å². The Bertz CT molecular complexity index is 967. The molecule has 0 saturated carbocycles. The third-order valence-electron chi connectivity index (χ3n) is 5.34. The highest BCUT2D eigenvalue weighted by molar-refractivity contribution is 7.98. The van der Waals surface area contributed by atoms with E-state index in [0.717, 1.165) is 22.6 Å². The third-order valence-corrected chi connectivity index (χ3v) is 6.48. The van der Waals surface area contributed by atoms with Crippen molar-refractivity contribution < 1.29 is 4.79 Å². The SMILES string of the molecule is C[C@@H](NC(=O)c1ccccc1SCc1ccccc1)c1ccc2c(c1)CCC2. The molecule has 3 heteroatoms. The number of nitrogens with one attached hydrogen (secondary N) is 1. The summed E-state index contributed by atoms with van der Waals surface area (Å²) in [6.45, 7) is 2.06. The van der Waals surface area contributed by atoms with E-state index in [1.54, 1.807) is 11.8 Å². The second-order valence-corrected chi connectivity index (χ2v) is 8.36. The van der Waals surface area contributed by atoms with Gasteiger partial charge in [-0.15, -0.1) is 11.8 Å². The number of thioether (sulfide) groups is 1. The highest BCUT2D eigenvalue weighted by atomic mass is 32.2. The topological polar surface area (TPSA) is 29.1 Å². The van der Waals surface area contributed by atoms with Crippen LogP contribution in [0, 0.1) is 0 Å². The zero-order chi connectivity index (χ0) is 19.3. The highest BCUT2D eigenvalue weighted by Crippen LogP contribution is 2.28. The van der Waals surface area contributed by atoms with Crippen molar-refractivity contribution >= 4 is 17.7 Å². The number of carbonyl (C=O) groups is 1. The zero-order valence-corrected chi connectivity index (χ0v) is 17.0. The first-order valence-electron chi connectivity index (χ1n) is 9.89. The van der Waals surface area contributed by atoms with Crippen LogP contribution in [0.1, 0.15) is 52.0 Å². The minimum Gasteiger partial charge on any atom is -0.345 e. The van der Waals surface area contributed by atoms with E-state index >= 15 is 0 Å². The molecule has 0 fully saturated rings. The molecular weight excluding hydrogens is 362 g/mol. The van der Waals surface area contributed by atoms with Crippen LogP contribution in [0.2, 0.25) is 0 Å². The number of amides is 1. The van der Waals surface area contributed by atoms with E-state index in [4.69, 9.17) is 0 Å². The van der Waals surface area contributed by atoms with Gasteiger partial charge in [-0.3, -0.25) is 4.79 Å². The lowest BCUT2D eigenvalue weighted by Crippen LogP contribution is -2.27. The van der Waals surface area contributed by atoms with E-state index in [1.165, 1.54) is 35.1 Å². The Kier molecular flexibility index (Phi) is 5.82. The van der Waals surface area contributed by atoms with Crippen LogP contribution >= 0.6 is 11.8 Å². The summed E-state index contributed by atoms with van der Waals surface area (Å²) in [4.78, 5) is 14.0. The number of aryl methyl sites for hydroxylation is 2. The van der Waals surface area contributed by atoms with Crippen molar-refractivity contribution in [2.75, 3.05) is 0 Å². The summed E-state index contributed by atoms with van der Waals surface area (Å²) >= 11 is 1.71. The van der Waals surface area contributed by atoms with E-state index < -0.39 is 0 Å². The molecule has 28 heavy (non-hydrogen) atoms. The second kappa shape index (κ2) is 8.66. The van der Waals surface area contributed by atoms with E-state index in [2.05, 4.69) is 42.6 Å². The van der Waals surface area contributed by atoms with E-state index in [0.29, 0.717) is 0 Å². The summed E-state index contributed by atoms with van der Waals surface area (Å²) in [6, 6.07) is 24.9. The molecule has 142 valence electrons. The molecule has 0 heterocycles. The fourth-order valence-corrected chi connectivity index (χ4v) is 4.74. The Morgan fingerprint density at radius 3 is 2.57 bits per heavy atom. The Balaban J connectivity index is 1.46. The molecular formula is C25H25NOS. The molecule has 1 atom stereocenters. The summed E-state index contributed by atoms with van der Waals surface area (Å²) in [5.74, 6) is 0.843. The molecule has 4 rings (SSSR count). The molecule has 0 saturated heterocycles. The van der Waals surface area contributed by atoms with Gasteiger partial charge in [0.2, 0.25) is 0 Å². The Labute approximate surface area is 171 Å². The van der Waals surface area contributed by atoms with Gasteiger partial charge in [0.25, 0.3) is 5.91 Å². The molecule has 0 aliphatic heterocycles. The number of fused-ring (bicyclic) bond motifs is 1. The van der Waals surface area contributed by atoms with Crippen LogP contribution in [0.25, 0.3) is 0 Å². The van der Waals surface area contributed by atoms with E-state index in [1.807, 2.05) is 42.5 Å². The van der Waals surface area contributed by atoms with Gasteiger partial charge in [0.15, 0.2) is 0 Å². The summed E-state index contributed by atoms with van der Waals surface area (Å²) in [5, 5.41) is 3.19. The average molecular weight is 388 g/mol. The second-order valence-electron chi connectivity index (χ2n) is 7.35. The fourth-order valence-electron chi connectivity index (χ4n) is 3.73. The summed E-state index contributed by atoms with van der Waals surface area (Å²) < 4.78 is 0. The van der Waals surface area contributed by atoms with Crippen LogP contribution in [0.3, 0.4) is 0 Å². The van der Waals surface area contributed by atoms with Crippen LogP contribution < -0.4 is 5.32 Å². The molecule has 1 amide bonds. The standard InChI is InChI=1S/C25H25NOS/c1-18(21-15-14-20-10-7-11-22(20)16-21)26-25(27)23-12-5-6-13-24(23)28-17-19-8-3-2-4-9-19/h2-6,8-9,12-16,18H,7,10-11,17H2,1H3,(H,26,27)/t18-/m1/s1. The van der Waals surface area contributed by atoms with Gasteiger partial charge < -0.3 is 5.32 Å². The van der Waals surface area contributed by atoms with Gasteiger partial charge >= 0.3 is 0 Å². The Hall–Kier alpha value is -2.52. The lowest BCUT2D eigenvalue weighted by Gasteiger charge is -2.17. The molecule has 2 nitrogen and oxygen atoms in total. The third kappa shape index (κ3) is 4.31. The Morgan fingerprint density at radius 1 is 0.964 bits per heavy atom. The molecule has 1 aliphatic carbocycles. The van der Waals surface area contributed by atoms with Crippen molar-refractivity contribution in [1.82, 2.24) is 5.32 Å². The van der Waals surface area contributed by atoms with Crippen LogP contribution in [-0.4, -0.2) is 5.91 Å². The molecule has 1 N–H and O–H groups in total. The fraction of sp³-hybridized carbons (Fsp3) is 0.240. The van der Waals surface area contributed by atoms with Crippen molar-refractivity contribution in [2.45, 2.75) is 42.9 Å². The van der Waals surface area contributed by atoms with Crippen molar-refractivity contribution in [1.29, 1.82) is 0 Å². The van der Waals surface area contributed by atoms with Crippen LogP contribution in [-0.2, 0) is 18.6 Å². The molecule has 0 radical (unpaired) electrons. The van der Waals surface area contributed by atoms with Gasteiger partial charge in [-0.1, -0.05) is 60.7 Å². The minimum atomic E-state index is -0.0100. The predicted octanol–water partition coefficient (Wildman–Crippen LogP) is 5.96. The van der Waals surface area contributed by atoms with Crippen molar-refractivity contribution in [3.05, 3.63) is 101 Å². The monoisotopic (exact) mass is 387 g/mol. The number of rotatable bonds is 6. The van der Waals surface area contributed by atoms with Gasteiger partial charge in [-0.05, 0) is 60.6 Å². The van der Waals surface area contributed by atoms with Gasteiger partial charge in [-0.2, -0.15) is 0 Å². The number of hydrogen-bond donors (Lipinski definition) is 1. The van der Waals surface area contributed by atoms with Crippen molar-refractivity contribution in [2.24, 2.45) is 0 Å². The van der Waals surface area contributed by atoms with E-state index in [-0.39, 0.29) is 11.9 Å². The lowest BCUT2D eigenvalue weighted by molar-refractivity contribution is 0.0937. The van der Waals surface area contributed by atoms with Crippen LogP contribution in [0.15, 0.2) is 77.7 Å². The average Bonchev–Trinajstić information content (AvgIpc) is 3.21.